The molecule has 0 unspecified atom stereocenters. The van der Waals surface area contributed by atoms with Crippen molar-refractivity contribution in [1.29, 1.82) is 0 Å². The Morgan fingerprint density at radius 1 is 0.521 bits per heavy atom. The van der Waals surface area contributed by atoms with E-state index in [1.54, 1.807) is 0 Å². The third kappa shape index (κ3) is 8.77. The Labute approximate surface area is 433 Å². The number of para-hydroxylation sites is 3. The highest BCUT2D eigenvalue weighted by atomic mass is 16.5. The van der Waals surface area contributed by atoms with Gasteiger partial charge in [-0.1, -0.05) is 180 Å². The first-order chi connectivity index (χ1) is 34.7. The van der Waals surface area contributed by atoms with Gasteiger partial charge in [-0.3, -0.25) is 4.57 Å². The van der Waals surface area contributed by atoms with Crippen molar-refractivity contribution in [3.05, 3.63) is 221 Å². The normalized spacial score (nSPS) is 15.2. The van der Waals surface area contributed by atoms with Crippen LogP contribution in [0.25, 0.3) is 38.9 Å². The van der Waals surface area contributed by atoms with Crippen molar-refractivity contribution in [2.75, 3.05) is 16.5 Å². The highest BCUT2D eigenvalue weighted by Gasteiger charge is 2.40. The van der Waals surface area contributed by atoms with Gasteiger partial charge >= 0.3 is 6.85 Å². The lowest BCUT2D eigenvalue weighted by atomic mass is 9.55. The summed E-state index contributed by atoms with van der Waals surface area (Å²) in [6, 6.07) is 53.3. The molecule has 0 N–H and O–H groups in total. The number of allylic oxidation sites excluding steroid dienone is 3. The maximum Gasteiger partial charge on any atom is 0.313 e. The number of anilines is 3. The van der Waals surface area contributed by atoms with Gasteiger partial charge in [0.25, 0.3) is 0 Å². The molecule has 7 heteroatoms. The predicted molar refractivity (Wildman–Crippen MR) is 309 cm³/mol. The van der Waals surface area contributed by atoms with Gasteiger partial charge in [0.1, 0.15) is 24.0 Å². The number of nitrogens with zero attached hydrogens (tertiary/aromatic N) is 5. The molecule has 6 aromatic carbocycles. The maximum atomic E-state index is 6.90. The number of pyridine rings is 1. The number of ether oxygens (including phenoxy) is 1. The topological polar surface area (TPSA) is 36.8 Å². The van der Waals surface area contributed by atoms with Crippen molar-refractivity contribution < 1.29 is 4.74 Å². The Kier molecular flexibility index (Phi) is 11.5. The second-order valence-corrected chi connectivity index (χ2v) is 24.3. The third-order valence-corrected chi connectivity index (χ3v) is 14.9. The molecule has 3 aliphatic rings. The molecule has 0 saturated heterocycles. The van der Waals surface area contributed by atoms with Crippen LogP contribution in [0.5, 0.6) is 11.5 Å². The lowest BCUT2D eigenvalue weighted by Gasteiger charge is -2.41. The summed E-state index contributed by atoms with van der Waals surface area (Å²) in [5, 5.41) is 2.34. The van der Waals surface area contributed by atoms with Crippen LogP contribution in [0.3, 0.4) is 0 Å². The van der Waals surface area contributed by atoms with Gasteiger partial charge in [0.2, 0.25) is 0 Å². The summed E-state index contributed by atoms with van der Waals surface area (Å²) in [6.07, 6.45) is 8.58. The maximum absolute atomic E-state index is 6.90. The van der Waals surface area contributed by atoms with Gasteiger partial charge in [0.05, 0.1) is 33.8 Å². The zero-order valence-corrected chi connectivity index (χ0v) is 44.7. The van der Waals surface area contributed by atoms with Crippen molar-refractivity contribution in [2.24, 2.45) is 0 Å². The molecule has 0 fully saturated rings. The summed E-state index contributed by atoms with van der Waals surface area (Å²) in [5.74, 6) is 7.26. The zero-order chi connectivity index (χ0) is 51.2. The quantitative estimate of drug-likeness (QED) is 0.149. The van der Waals surface area contributed by atoms with Crippen LogP contribution in [0.15, 0.2) is 188 Å². The molecule has 73 heavy (non-hydrogen) atoms. The van der Waals surface area contributed by atoms with Crippen LogP contribution in [-0.2, 0) is 21.7 Å². The highest BCUT2D eigenvalue weighted by Crippen LogP contribution is 2.51. The molecular formula is C66H68BN5O. The average Bonchev–Trinajstić information content (AvgIpc) is 3.91. The molecule has 0 atom stereocenters. The molecule has 0 aliphatic carbocycles. The second kappa shape index (κ2) is 17.6. The number of hydrogen-bond donors (Lipinski definition) is 0. The van der Waals surface area contributed by atoms with Crippen molar-refractivity contribution in [2.45, 2.75) is 105 Å². The standard InChI is InChI=1S/C66H68BN5O/c1-63(2,3)45-32-34-68-60(39-45)72-56-27-16-14-24-51(56)52-31-30-50(41-59(52)72)73-49-23-21-22-48(40-49)69-43-70(58-29-18-17-28-57(58)69)61-54(44-36-46(64(4,5)6)38-47(37-44)65(7,8)9)42-67-33-19-20-35-71(67)62(61)53-25-13-15-26-55(53)66(10,11)12/h13-42H,43H2,1-12H3. The summed E-state index contributed by atoms with van der Waals surface area (Å²) < 4.78 is 9.18. The molecule has 6 nitrogen and oxygen atoms in total. The fraction of sp³-hybridized carbons (Fsp3) is 0.258. The molecule has 0 spiro atoms. The predicted octanol–water partition coefficient (Wildman–Crippen LogP) is 17.0. The van der Waals surface area contributed by atoms with Crippen molar-refractivity contribution in [1.82, 2.24) is 14.4 Å². The Bertz CT molecular complexity index is 3570. The van der Waals surface area contributed by atoms with Crippen LogP contribution in [0.4, 0.5) is 17.1 Å². The molecule has 0 bridgehead atoms. The zero-order valence-electron chi connectivity index (χ0n) is 44.7. The molecule has 8 aromatic rings. The van der Waals surface area contributed by atoms with E-state index in [9.17, 15) is 0 Å². The summed E-state index contributed by atoms with van der Waals surface area (Å²) in [6.45, 7) is 28.4. The number of rotatable bonds is 7. The van der Waals surface area contributed by atoms with E-state index in [1.165, 1.54) is 55.7 Å². The van der Waals surface area contributed by atoms with Crippen LogP contribution < -0.4 is 14.5 Å². The van der Waals surface area contributed by atoms with E-state index in [-0.39, 0.29) is 28.5 Å². The Balaban J connectivity index is 1.05. The molecule has 3 aliphatic heterocycles. The van der Waals surface area contributed by atoms with Gasteiger partial charge in [-0.25, -0.2) is 4.98 Å². The SMILES string of the molecule is CC(C)(C)c1cc(C2=CB3C=CC=CN3C(c3ccccc3C(C)(C)C)=C2N2CN(c3cccc(Oc4ccc5c6ccccc6n(-c6cc(C(C)(C)C)ccn6)c5c4)c3)c3ccccc32)cc(C(C)(C)C)c1. The minimum Gasteiger partial charge on any atom is -0.457 e. The first kappa shape index (κ1) is 47.8. The van der Waals surface area contributed by atoms with E-state index in [0.29, 0.717) is 6.67 Å². The highest BCUT2D eigenvalue weighted by molar-refractivity contribution is 6.70. The third-order valence-electron chi connectivity index (χ3n) is 14.9. The van der Waals surface area contributed by atoms with Crippen LogP contribution in [-0.4, -0.2) is 27.9 Å². The van der Waals surface area contributed by atoms with Crippen molar-refractivity contribution in [3.8, 4) is 17.3 Å². The van der Waals surface area contributed by atoms with E-state index in [1.807, 2.05) is 6.20 Å². The van der Waals surface area contributed by atoms with E-state index in [0.717, 1.165) is 50.8 Å². The van der Waals surface area contributed by atoms with Gasteiger partial charge < -0.3 is 19.3 Å². The Morgan fingerprint density at radius 2 is 1.18 bits per heavy atom. The molecule has 5 heterocycles. The Morgan fingerprint density at radius 3 is 1.90 bits per heavy atom. The number of fused-ring (bicyclic) bond motifs is 5. The fourth-order valence-electron chi connectivity index (χ4n) is 10.9. The van der Waals surface area contributed by atoms with E-state index in [2.05, 4.69) is 278 Å². The first-order valence-electron chi connectivity index (χ1n) is 26.0. The van der Waals surface area contributed by atoms with Crippen molar-refractivity contribution in [3.63, 3.8) is 0 Å². The Hall–Kier alpha value is -7.51. The minimum atomic E-state index is -0.114. The summed E-state index contributed by atoms with van der Waals surface area (Å²) in [7, 11) is 0. The molecule has 11 rings (SSSR count). The lowest BCUT2D eigenvalue weighted by molar-refractivity contribution is 0.483. The van der Waals surface area contributed by atoms with E-state index in [4.69, 9.17) is 9.72 Å². The average molecular weight is 958 g/mol. The molecule has 366 valence electrons. The minimum absolute atomic E-state index is 0.0194. The first-order valence-corrected chi connectivity index (χ1v) is 26.0. The van der Waals surface area contributed by atoms with Crippen LogP contribution in [0.1, 0.15) is 116 Å². The number of hydrogen-bond acceptors (Lipinski definition) is 5. The monoisotopic (exact) mass is 958 g/mol. The number of benzene rings is 6. The van der Waals surface area contributed by atoms with Crippen molar-refractivity contribution >= 4 is 57.0 Å². The van der Waals surface area contributed by atoms with Gasteiger partial charge in [-0.05, 0) is 122 Å². The van der Waals surface area contributed by atoms with Crippen LogP contribution in [0.2, 0.25) is 0 Å². The van der Waals surface area contributed by atoms with Gasteiger partial charge in [-0.2, -0.15) is 0 Å². The smallest absolute Gasteiger partial charge is 0.313 e. The molecule has 0 saturated carbocycles. The van der Waals surface area contributed by atoms with Crippen LogP contribution >= 0.6 is 0 Å². The second-order valence-electron chi connectivity index (χ2n) is 24.3. The van der Waals surface area contributed by atoms with Crippen LogP contribution in [0, 0.1) is 0 Å². The molecular weight excluding hydrogens is 890 g/mol. The lowest BCUT2D eigenvalue weighted by Crippen LogP contribution is -2.41. The largest absolute Gasteiger partial charge is 0.457 e. The summed E-state index contributed by atoms with van der Waals surface area (Å²) in [4.78, 5) is 12.4. The number of aromatic nitrogens is 2. The molecule has 2 aromatic heterocycles. The van der Waals surface area contributed by atoms with E-state index < -0.39 is 0 Å². The van der Waals surface area contributed by atoms with Gasteiger partial charge in [-0.15, -0.1) is 0 Å². The summed E-state index contributed by atoms with van der Waals surface area (Å²) in [5.41, 5.74) is 16.6. The summed E-state index contributed by atoms with van der Waals surface area (Å²) >= 11 is 0. The van der Waals surface area contributed by atoms with Gasteiger partial charge in [0, 0.05) is 40.4 Å². The van der Waals surface area contributed by atoms with E-state index >= 15 is 0 Å². The molecule has 0 radical (unpaired) electrons. The molecule has 0 amide bonds. The van der Waals surface area contributed by atoms with Gasteiger partial charge in [0.15, 0.2) is 0 Å². The fourth-order valence-corrected chi connectivity index (χ4v) is 10.9.